The number of aromatic nitrogens is 4. The van der Waals surface area contributed by atoms with Crippen LogP contribution in [-0.2, 0) is 6.54 Å². The van der Waals surface area contributed by atoms with Gasteiger partial charge in [-0.3, -0.25) is 0 Å². The second kappa shape index (κ2) is 4.48. The number of nitrogen functional groups attached to an aromatic ring is 1. The summed E-state index contributed by atoms with van der Waals surface area (Å²) in [6, 6.07) is 0. The molecule has 2 N–H and O–H groups in total. The lowest BCUT2D eigenvalue weighted by molar-refractivity contribution is 0.645. The lowest BCUT2D eigenvalue weighted by Gasteiger charge is -2.01. The highest BCUT2D eigenvalue weighted by molar-refractivity contribution is 7.80. The second-order valence-corrected chi connectivity index (χ2v) is 3.69. The topological polar surface area (TPSA) is 69.6 Å². The number of nitrogens with two attached hydrogens (primary N) is 1. The molecule has 0 aliphatic rings. The van der Waals surface area contributed by atoms with Crippen molar-refractivity contribution in [2.75, 3.05) is 11.5 Å². The molecule has 79 valence electrons. The van der Waals surface area contributed by atoms with E-state index in [4.69, 9.17) is 18.4 Å². The molecule has 15 heavy (non-hydrogen) atoms. The third kappa shape index (κ3) is 2.04. The fourth-order valence-electron chi connectivity index (χ4n) is 1.45. The first kappa shape index (κ1) is 10.2. The molecule has 1 radical (unpaired) electrons. The molecule has 2 aromatic heterocycles. The Morgan fingerprint density at radius 2 is 2.13 bits per heavy atom. The van der Waals surface area contributed by atoms with Gasteiger partial charge in [0.25, 0.3) is 0 Å². The number of anilines is 1. The standard InChI is InChI=1S/C9H12N5S/c10-8-7-9(12-5-11-8)14(6-13-7)3-1-2-4-15/h5-6H,1-4H2,(H2,10,11,12). The number of unbranched alkanes of at least 4 members (excludes halogenated alkanes) is 1. The number of nitrogens with zero attached hydrogens (tertiary/aromatic N) is 4. The zero-order chi connectivity index (χ0) is 10.7. The normalized spacial score (nSPS) is 11.0. The Hall–Kier alpha value is -1.30. The molecule has 0 saturated heterocycles. The summed E-state index contributed by atoms with van der Waals surface area (Å²) in [5.74, 6) is 1.23. The first-order valence-corrected chi connectivity index (χ1v) is 5.40. The predicted molar refractivity (Wildman–Crippen MR) is 61.4 cm³/mol. The molecule has 0 aliphatic heterocycles. The highest BCUT2D eigenvalue weighted by atomic mass is 32.1. The molecule has 6 heteroatoms. The SMILES string of the molecule is Nc1ncnc2c1ncn2CCCC[S]. The van der Waals surface area contributed by atoms with Crippen LogP contribution in [0.3, 0.4) is 0 Å². The van der Waals surface area contributed by atoms with Crippen LogP contribution < -0.4 is 5.73 Å². The van der Waals surface area contributed by atoms with E-state index in [2.05, 4.69) is 15.0 Å². The van der Waals surface area contributed by atoms with Gasteiger partial charge in [-0.25, -0.2) is 15.0 Å². The highest BCUT2D eigenvalue weighted by Crippen LogP contribution is 2.14. The van der Waals surface area contributed by atoms with Crippen LogP contribution in [0.4, 0.5) is 5.82 Å². The van der Waals surface area contributed by atoms with Gasteiger partial charge in [0.05, 0.1) is 6.33 Å². The van der Waals surface area contributed by atoms with Crippen LogP contribution in [0.15, 0.2) is 12.7 Å². The van der Waals surface area contributed by atoms with Crippen molar-refractivity contribution in [1.82, 2.24) is 19.5 Å². The predicted octanol–water partition coefficient (Wildman–Crippen LogP) is 1.39. The van der Waals surface area contributed by atoms with Gasteiger partial charge >= 0.3 is 0 Å². The molecule has 0 spiro atoms. The molecule has 2 rings (SSSR count). The van der Waals surface area contributed by atoms with Crippen molar-refractivity contribution in [2.24, 2.45) is 0 Å². The average molecular weight is 222 g/mol. The van der Waals surface area contributed by atoms with Crippen LogP contribution in [0.5, 0.6) is 0 Å². The maximum Gasteiger partial charge on any atom is 0.165 e. The van der Waals surface area contributed by atoms with Crippen molar-refractivity contribution >= 4 is 29.6 Å². The Morgan fingerprint density at radius 1 is 1.27 bits per heavy atom. The number of rotatable bonds is 4. The average Bonchev–Trinajstić information content (AvgIpc) is 2.64. The van der Waals surface area contributed by atoms with E-state index >= 15 is 0 Å². The van der Waals surface area contributed by atoms with Crippen molar-refractivity contribution in [3.05, 3.63) is 12.7 Å². The van der Waals surface area contributed by atoms with E-state index in [0.717, 1.165) is 30.8 Å². The van der Waals surface area contributed by atoms with Crippen LogP contribution in [0.2, 0.25) is 0 Å². The van der Waals surface area contributed by atoms with Crippen LogP contribution in [0.1, 0.15) is 12.8 Å². The molecule has 0 amide bonds. The molecule has 5 nitrogen and oxygen atoms in total. The van der Waals surface area contributed by atoms with E-state index in [-0.39, 0.29) is 0 Å². The zero-order valence-electron chi connectivity index (χ0n) is 8.26. The number of hydrogen-bond donors (Lipinski definition) is 1. The van der Waals surface area contributed by atoms with Gasteiger partial charge in [-0.05, 0) is 12.8 Å². The summed E-state index contributed by atoms with van der Waals surface area (Å²) in [6.07, 6.45) is 5.29. The lowest BCUT2D eigenvalue weighted by atomic mass is 10.3. The van der Waals surface area contributed by atoms with E-state index in [1.807, 2.05) is 4.57 Å². The van der Waals surface area contributed by atoms with Gasteiger partial charge in [0.15, 0.2) is 11.5 Å². The van der Waals surface area contributed by atoms with Crippen LogP contribution >= 0.6 is 12.6 Å². The molecule has 0 aliphatic carbocycles. The Bertz CT molecular complexity index is 453. The smallest absolute Gasteiger partial charge is 0.165 e. The first-order chi connectivity index (χ1) is 7.33. The minimum absolute atomic E-state index is 0.432. The minimum atomic E-state index is 0.432. The Balaban J connectivity index is 2.25. The summed E-state index contributed by atoms with van der Waals surface area (Å²) >= 11 is 4.89. The van der Waals surface area contributed by atoms with Crippen LogP contribution in [0.25, 0.3) is 11.2 Å². The molecular weight excluding hydrogens is 210 g/mol. The first-order valence-electron chi connectivity index (χ1n) is 4.82. The fourth-order valence-corrected chi connectivity index (χ4v) is 1.65. The van der Waals surface area contributed by atoms with E-state index < -0.39 is 0 Å². The fraction of sp³-hybridized carbons (Fsp3) is 0.444. The summed E-state index contributed by atoms with van der Waals surface area (Å²) in [5.41, 5.74) is 7.16. The van der Waals surface area contributed by atoms with Gasteiger partial charge in [-0.1, -0.05) is 12.6 Å². The maximum atomic E-state index is 5.68. The number of imidazole rings is 1. The molecule has 0 bridgehead atoms. The lowest BCUT2D eigenvalue weighted by Crippen LogP contribution is -1.99. The molecule has 0 atom stereocenters. The summed E-state index contributed by atoms with van der Waals surface area (Å²) < 4.78 is 1.98. The molecule has 0 aromatic carbocycles. The second-order valence-electron chi connectivity index (χ2n) is 3.28. The Labute approximate surface area is 93.1 Å². The minimum Gasteiger partial charge on any atom is -0.382 e. The van der Waals surface area contributed by atoms with Crippen molar-refractivity contribution in [3.8, 4) is 0 Å². The van der Waals surface area contributed by atoms with Gasteiger partial charge in [0.1, 0.15) is 11.8 Å². The largest absolute Gasteiger partial charge is 0.382 e. The van der Waals surface area contributed by atoms with Crippen LogP contribution in [0, 0.1) is 0 Å². The monoisotopic (exact) mass is 222 g/mol. The Morgan fingerprint density at radius 3 is 2.93 bits per heavy atom. The van der Waals surface area contributed by atoms with Crippen molar-refractivity contribution in [3.63, 3.8) is 0 Å². The summed E-state index contributed by atoms with van der Waals surface area (Å²) in [7, 11) is 0. The van der Waals surface area contributed by atoms with Crippen molar-refractivity contribution in [2.45, 2.75) is 19.4 Å². The molecule has 0 saturated carbocycles. The molecule has 0 unspecified atom stereocenters. The number of fused-ring (bicyclic) bond motifs is 1. The number of aryl methyl sites for hydroxylation is 1. The van der Waals surface area contributed by atoms with E-state index in [1.54, 1.807) is 6.33 Å². The van der Waals surface area contributed by atoms with Gasteiger partial charge in [-0.2, -0.15) is 0 Å². The van der Waals surface area contributed by atoms with Gasteiger partial charge < -0.3 is 10.3 Å². The summed E-state index contributed by atoms with van der Waals surface area (Å²) in [4.78, 5) is 12.2. The third-order valence-electron chi connectivity index (χ3n) is 2.22. The highest BCUT2D eigenvalue weighted by Gasteiger charge is 2.06. The van der Waals surface area contributed by atoms with E-state index in [0.29, 0.717) is 11.3 Å². The molecule has 2 heterocycles. The summed E-state index contributed by atoms with van der Waals surface area (Å²) in [6.45, 7) is 0.879. The summed E-state index contributed by atoms with van der Waals surface area (Å²) in [5, 5.41) is 0. The maximum absolute atomic E-state index is 5.68. The zero-order valence-corrected chi connectivity index (χ0v) is 9.07. The quantitative estimate of drug-likeness (QED) is 0.793. The third-order valence-corrected chi connectivity index (χ3v) is 2.51. The molecule has 0 fully saturated rings. The molecule has 2 aromatic rings. The van der Waals surface area contributed by atoms with E-state index in [9.17, 15) is 0 Å². The van der Waals surface area contributed by atoms with Gasteiger partial charge in [0.2, 0.25) is 0 Å². The number of hydrogen-bond acceptors (Lipinski definition) is 4. The van der Waals surface area contributed by atoms with Crippen molar-refractivity contribution in [1.29, 1.82) is 0 Å². The van der Waals surface area contributed by atoms with Crippen molar-refractivity contribution < 1.29 is 0 Å². The molecular formula is C9H12N5S. The Kier molecular flexibility index (Phi) is 3.05. The van der Waals surface area contributed by atoms with E-state index in [1.165, 1.54) is 6.33 Å². The van der Waals surface area contributed by atoms with Crippen LogP contribution in [-0.4, -0.2) is 25.3 Å². The van der Waals surface area contributed by atoms with Gasteiger partial charge in [-0.15, -0.1) is 0 Å². The van der Waals surface area contributed by atoms with Gasteiger partial charge in [0, 0.05) is 12.3 Å².